The number of nitrogens with zero attached hydrogens (tertiary/aromatic N) is 1. The van der Waals surface area contributed by atoms with E-state index in [2.05, 4.69) is 30.5 Å². The van der Waals surface area contributed by atoms with Crippen LogP contribution in [0.5, 0.6) is 0 Å². The van der Waals surface area contributed by atoms with Gasteiger partial charge in [-0.1, -0.05) is 43.6 Å². The van der Waals surface area contributed by atoms with Crippen molar-refractivity contribution < 1.29 is 15.0 Å². The van der Waals surface area contributed by atoms with E-state index < -0.39 is 5.60 Å². The van der Waals surface area contributed by atoms with Crippen molar-refractivity contribution in [3.05, 3.63) is 23.8 Å². The number of hydrogen-bond donors (Lipinski definition) is 3. The first kappa shape index (κ1) is 24.5. The van der Waals surface area contributed by atoms with E-state index in [9.17, 15) is 15.0 Å². The highest BCUT2D eigenvalue weighted by molar-refractivity contribution is 5.76. The monoisotopic (exact) mass is 432 g/mol. The van der Waals surface area contributed by atoms with Crippen LogP contribution in [0.4, 0.5) is 0 Å². The van der Waals surface area contributed by atoms with E-state index >= 15 is 0 Å². The van der Waals surface area contributed by atoms with Gasteiger partial charge < -0.3 is 20.4 Å². The van der Waals surface area contributed by atoms with Crippen LogP contribution >= 0.6 is 0 Å². The summed E-state index contributed by atoms with van der Waals surface area (Å²) in [6.45, 7) is 7.50. The third-order valence-corrected chi connectivity index (χ3v) is 7.51. The van der Waals surface area contributed by atoms with Gasteiger partial charge in [0, 0.05) is 38.5 Å². The first-order valence-electron chi connectivity index (χ1n) is 12.6. The number of likely N-dealkylation sites (tertiary alicyclic amines) is 1. The van der Waals surface area contributed by atoms with Gasteiger partial charge in [0.05, 0.1) is 11.7 Å². The van der Waals surface area contributed by atoms with Crippen LogP contribution in [0.1, 0.15) is 78.1 Å². The minimum absolute atomic E-state index is 0.182. The number of amides is 1. The number of nitrogens with one attached hydrogen (secondary N) is 1. The number of fused-ring (bicyclic) bond motifs is 1. The minimum atomic E-state index is -0.649. The van der Waals surface area contributed by atoms with Crippen LogP contribution in [0.15, 0.2) is 23.8 Å². The number of unbranched alkanes of at least 4 members (excludes halogenated alkanes) is 1. The molecule has 3 N–H and O–H groups in total. The smallest absolute Gasteiger partial charge is 0.223 e. The lowest BCUT2D eigenvalue weighted by Crippen LogP contribution is -2.37. The zero-order valence-electron chi connectivity index (χ0n) is 19.7. The van der Waals surface area contributed by atoms with Crippen LogP contribution < -0.4 is 5.32 Å². The second kappa shape index (κ2) is 11.6. The fourth-order valence-corrected chi connectivity index (χ4v) is 5.62. The molecule has 3 aliphatic rings. The van der Waals surface area contributed by atoms with Gasteiger partial charge in [-0.3, -0.25) is 4.79 Å². The predicted molar refractivity (Wildman–Crippen MR) is 126 cm³/mol. The standard InChI is InChI=1S/C26H44N2O3/c1-3-4-11-26(2,31)12-8-9-22-23-17-20(16-21(23)18-24(22)29)19-27-13-10-25(30)28-14-6-5-7-15-28/h8-9,16,21-24,27,29,31H,3-7,10-15,17-19H2,1-2H3/b9-8+/t21-,22+,23-,24+,26-/m0/s1. The van der Waals surface area contributed by atoms with Crippen molar-refractivity contribution in [1.82, 2.24) is 10.2 Å². The van der Waals surface area contributed by atoms with Crippen LogP contribution in [-0.4, -0.2) is 58.9 Å². The Morgan fingerprint density at radius 2 is 2.10 bits per heavy atom. The summed E-state index contributed by atoms with van der Waals surface area (Å²) in [5.41, 5.74) is 0.769. The molecule has 5 atom stereocenters. The zero-order valence-corrected chi connectivity index (χ0v) is 19.7. The van der Waals surface area contributed by atoms with E-state index in [1.165, 1.54) is 12.0 Å². The van der Waals surface area contributed by atoms with Gasteiger partial charge in [-0.2, -0.15) is 0 Å². The van der Waals surface area contributed by atoms with Crippen LogP contribution in [0.2, 0.25) is 0 Å². The molecule has 1 amide bonds. The molecule has 176 valence electrons. The van der Waals surface area contributed by atoms with Gasteiger partial charge in [0.1, 0.15) is 0 Å². The SMILES string of the molecule is CCCC[C@](C)(O)C/C=C/[C@@H]1[C@H]2CC(CNCCC(=O)N3CCCCC3)=C[C@H]2C[C@H]1O. The molecule has 0 bridgehead atoms. The fourth-order valence-electron chi connectivity index (χ4n) is 5.62. The van der Waals surface area contributed by atoms with Gasteiger partial charge >= 0.3 is 0 Å². The predicted octanol–water partition coefficient (Wildman–Crippen LogP) is 3.81. The number of hydrogen-bond acceptors (Lipinski definition) is 4. The van der Waals surface area contributed by atoms with E-state index in [1.54, 1.807) is 0 Å². The summed E-state index contributed by atoms with van der Waals surface area (Å²) in [5.74, 6) is 1.39. The first-order valence-corrected chi connectivity index (χ1v) is 12.6. The third-order valence-electron chi connectivity index (χ3n) is 7.51. The van der Waals surface area contributed by atoms with E-state index in [1.807, 2.05) is 11.8 Å². The van der Waals surface area contributed by atoms with Crippen LogP contribution in [-0.2, 0) is 4.79 Å². The molecule has 3 rings (SSSR count). The van der Waals surface area contributed by atoms with Crippen molar-refractivity contribution in [3.8, 4) is 0 Å². The molecule has 0 unspecified atom stereocenters. The summed E-state index contributed by atoms with van der Waals surface area (Å²) in [7, 11) is 0. The van der Waals surface area contributed by atoms with E-state index in [0.717, 1.165) is 71.1 Å². The largest absolute Gasteiger partial charge is 0.392 e. The van der Waals surface area contributed by atoms with Crippen molar-refractivity contribution in [3.63, 3.8) is 0 Å². The number of carbonyl (C=O) groups is 1. The van der Waals surface area contributed by atoms with Crippen LogP contribution in [0.25, 0.3) is 0 Å². The molecule has 0 spiro atoms. The molecule has 1 aliphatic heterocycles. The van der Waals surface area contributed by atoms with Crippen molar-refractivity contribution in [1.29, 1.82) is 0 Å². The van der Waals surface area contributed by atoms with Gasteiger partial charge in [0.25, 0.3) is 0 Å². The van der Waals surface area contributed by atoms with Gasteiger partial charge in [-0.15, -0.1) is 0 Å². The molecule has 1 heterocycles. The van der Waals surface area contributed by atoms with Crippen LogP contribution in [0.3, 0.4) is 0 Å². The number of allylic oxidation sites excluding steroid dienone is 1. The van der Waals surface area contributed by atoms with E-state index in [0.29, 0.717) is 24.7 Å². The molecule has 1 saturated heterocycles. The highest BCUT2D eigenvalue weighted by Crippen LogP contribution is 2.47. The maximum atomic E-state index is 12.3. The summed E-state index contributed by atoms with van der Waals surface area (Å²) in [5, 5.41) is 24.5. The van der Waals surface area contributed by atoms with Crippen LogP contribution in [0, 0.1) is 17.8 Å². The summed E-state index contributed by atoms with van der Waals surface area (Å²) in [4.78, 5) is 14.3. The Hall–Kier alpha value is -1.17. The Balaban J connectivity index is 1.39. The number of carbonyl (C=O) groups excluding carboxylic acids is 1. The molecule has 31 heavy (non-hydrogen) atoms. The highest BCUT2D eigenvalue weighted by atomic mass is 16.3. The quantitative estimate of drug-likeness (QED) is 0.343. The number of aliphatic hydroxyl groups is 2. The zero-order chi connectivity index (χ0) is 22.3. The van der Waals surface area contributed by atoms with Crippen molar-refractivity contribution in [2.24, 2.45) is 17.8 Å². The van der Waals surface area contributed by atoms with Crippen molar-refractivity contribution in [2.45, 2.75) is 89.8 Å². The molecule has 5 heteroatoms. The Labute approximate surface area is 189 Å². The molecule has 2 fully saturated rings. The third kappa shape index (κ3) is 7.16. The van der Waals surface area contributed by atoms with E-state index in [-0.39, 0.29) is 17.9 Å². The van der Waals surface area contributed by atoms with Gasteiger partial charge in [0.15, 0.2) is 0 Å². The summed E-state index contributed by atoms with van der Waals surface area (Å²) < 4.78 is 0. The summed E-state index contributed by atoms with van der Waals surface area (Å²) >= 11 is 0. The lowest BCUT2D eigenvalue weighted by molar-refractivity contribution is -0.131. The molecule has 0 aromatic carbocycles. The first-order chi connectivity index (χ1) is 14.9. The average Bonchev–Trinajstić information content (AvgIpc) is 3.27. The van der Waals surface area contributed by atoms with Gasteiger partial charge in [0.2, 0.25) is 5.91 Å². The maximum Gasteiger partial charge on any atom is 0.223 e. The second-order valence-electron chi connectivity index (χ2n) is 10.3. The molecule has 0 radical (unpaired) electrons. The Morgan fingerprint density at radius 3 is 2.84 bits per heavy atom. The molecule has 1 saturated carbocycles. The molecule has 2 aliphatic carbocycles. The van der Waals surface area contributed by atoms with Gasteiger partial charge in [-0.05, 0) is 63.7 Å². The number of aliphatic hydroxyl groups excluding tert-OH is 1. The topological polar surface area (TPSA) is 72.8 Å². The Bertz CT molecular complexity index is 637. The molecule has 0 aromatic rings. The molecule has 5 nitrogen and oxygen atoms in total. The normalized spacial score (nSPS) is 30.5. The minimum Gasteiger partial charge on any atom is -0.392 e. The Kier molecular flexibility index (Phi) is 9.18. The summed E-state index contributed by atoms with van der Waals surface area (Å²) in [6.07, 6.45) is 15.9. The highest BCUT2D eigenvalue weighted by Gasteiger charge is 2.43. The second-order valence-corrected chi connectivity index (χ2v) is 10.3. The lowest BCUT2D eigenvalue weighted by Gasteiger charge is -2.26. The fraction of sp³-hybridized carbons (Fsp3) is 0.808. The maximum absolute atomic E-state index is 12.3. The summed E-state index contributed by atoms with van der Waals surface area (Å²) in [6, 6.07) is 0. The number of rotatable bonds is 11. The molecular weight excluding hydrogens is 388 g/mol. The molecule has 0 aromatic heterocycles. The van der Waals surface area contributed by atoms with E-state index in [4.69, 9.17) is 0 Å². The Morgan fingerprint density at radius 1 is 1.32 bits per heavy atom. The number of piperidine rings is 1. The van der Waals surface area contributed by atoms with Crippen molar-refractivity contribution in [2.75, 3.05) is 26.2 Å². The van der Waals surface area contributed by atoms with Crippen molar-refractivity contribution >= 4 is 5.91 Å². The molecular formula is C26H44N2O3. The lowest BCUT2D eigenvalue weighted by atomic mass is 9.88. The average molecular weight is 433 g/mol. The van der Waals surface area contributed by atoms with Gasteiger partial charge in [-0.25, -0.2) is 0 Å².